The van der Waals surface area contributed by atoms with Gasteiger partial charge in [-0.25, -0.2) is 10.8 Å². The number of aromatic amines is 1. The van der Waals surface area contributed by atoms with Crippen LogP contribution in [0.15, 0.2) is 36.4 Å². The topological polar surface area (TPSA) is 102 Å². The first-order chi connectivity index (χ1) is 12.0. The van der Waals surface area contributed by atoms with Crippen molar-refractivity contribution in [3.8, 4) is 22.9 Å². The van der Waals surface area contributed by atoms with Crippen LogP contribution in [-0.4, -0.2) is 29.1 Å². The number of benzene rings is 2. The zero-order chi connectivity index (χ0) is 18.0. The molecule has 0 fully saturated rings. The summed E-state index contributed by atoms with van der Waals surface area (Å²) in [7, 11) is 1.60. The summed E-state index contributed by atoms with van der Waals surface area (Å²) in [6, 6.07) is 10.8. The summed E-state index contributed by atoms with van der Waals surface area (Å²) in [6.45, 7) is 3.92. The highest BCUT2D eigenvalue weighted by atomic mass is 16.5. The van der Waals surface area contributed by atoms with Crippen LogP contribution in [-0.2, 0) is 0 Å². The number of nitrogens with one attached hydrogen (secondary N) is 2. The summed E-state index contributed by atoms with van der Waals surface area (Å²) in [5, 5.41) is 0. The zero-order valence-corrected chi connectivity index (χ0v) is 14.3. The molecule has 3 aromatic rings. The second kappa shape index (κ2) is 6.82. The number of imidazole rings is 1. The molecule has 1 heterocycles. The highest BCUT2D eigenvalue weighted by molar-refractivity contribution is 5.97. The summed E-state index contributed by atoms with van der Waals surface area (Å²) in [5.74, 6) is 6.81. The lowest BCUT2D eigenvalue weighted by molar-refractivity contribution is 0.0954. The summed E-state index contributed by atoms with van der Waals surface area (Å²) in [6.07, 6.45) is 0.0538. The van der Waals surface area contributed by atoms with E-state index in [9.17, 15) is 4.79 Å². The third kappa shape index (κ3) is 3.41. The lowest BCUT2D eigenvalue weighted by Gasteiger charge is -2.14. The zero-order valence-electron chi connectivity index (χ0n) is 14.3. The van der Waals surface area contributed by atoms with Crippen molar-refractivity contribution in [2.75, 3.05) is 7.11 Å². The Kier molecular flexibility index (Phi) is 4.58. The first-order valence-electron chi connectivity index (χ1n) is 7.87. The van der Waals surface area contributed by atoms with Crippen LogP contribution in [0.1, 0.15) is 24.2 Å². The van der Waals surface area contributed by atoms with Crippen molar-refractivity contribution in [2.45, 2.75) is 20.0 Å². The number of hydrogen-bond donors (Lipinski definition) is 3. The van der Waals surface area contributed by atoms with Crippen LogP contribution < -0.4 is 20.7 Å². The van der Waals surface area contributed by atoms with Gasteiger partial charge in [-0.2, -0.15) is 0 Å². The number of nitrogens with two attached hydrogens (primary N) is 1. The molecule has 0 aliphatic heterocycles. The first kappa shape index (κ1) is 16.8. The molecule has 0 saturated carbocycles. The molecule has 7 heteroatoms. The van der Waals surface area contributed by atoms with Crippen molar-refractivity contribution >= 4 is 16.9 Å². The molecule has 0 aliphatic rings. The van der Waals surface area contributed by atoms with Gasteiger partial charge in [-0.3, -0.25) is 10.2 Å². The van der Waals surface area contributed by atoms with Crippen molar-refractivity contribution in [2.24, 2.45) is 5.84 Å². The molecule has 0 atom stereocenters. The van der Waals surface area contributed by atoms with E-state index in [1.807, 2.05) is 32.0 Å². The molecule has 1 amide bonds. The third-order valence-corrected chi connectivity index (χ3v) is 3.67. The predicted molar refractivity (Wildman–Crippen MR) is 95.5 cm³/mol. The van der Waals surface area contributed by atoms with Crippen molar-refractivity contribution in [1.82, 2.24) is 15.4 Å². The fraction of sp³-hybridized carbons (Fsp3) is 0.222. The molecule has 3 rings (SSSR count). The van der Waals surface area contributed by atoms with Crippen LogP contribution in [0.2, 0.25) is 0 Å². The van der Waals surface area contributed by atoms with E-state index in [-0.39, 0.29) is 12.0 Å². The highest BCUT2D eigenvalue weighted by Crippen LogP contribution is 2.33. The number of hydrazine groups is 1. The first-order valence-corrected chi connectivity index (χ1v) is 7.87. The monoisotopic (exact) mass is 340 g/mol. The van der Waals surface area contributed by atoms with Gasteiger partial charge in [0.25, 0.3) is 5.91 Å². The number of fused-ring (bicyclic) bond motifs is 1. The van der Waals surface area contributed by atoms with Crippen LogP contribution in [0.5, 0.6) is 11.5 Å². The van der Waals surface area contributed by atoms with E-state index < -0.39 is 0 Å². The van der Waals surface area contributed by atoms with E-state index in [0.29, 0.717) is 22.9 Å². The average Bonchev–Trinajstić information content (AvgIpc) is 3.04. The molecule has 130 valence electrons. The Bertz CT molecular complexity index is 918. The Labute approximate surface area is 145 Å². The maximum absolute atomic E-state index is 11.6. The minimum atomic E-state index is -0.352. The minimum absolute atomic E-state index is 0.0538. The van der Waals surface area contributed by atoms with E-state index in [2.05, 4.69) is 15.4 Å². The number of nitrogens with zero attached hydrogens (tertiary/aromatic N) is 1. The second-order valence-electron chi connectivity index (χ2n) is 5.82. The van der Waals surface area contributed by atoms with Gasteiger partial charge in [0.05, 0.1) is 24.2 Å². The molecule has 1 aromatic heterocycles. The fourth-order valence-corrected chi connectivity index (χ4v) is 2.54. The van der Waals surface area contributed by atoms with Gasteiger partial charge in [-0.15, -0.1) is 0 Å². The lowest BCUT2D eigenvalue weighted by Crippen LogP contribution is -2.29. The summed E-state index contributed by atoms with van der Waals surface area (Å²) < 4.78 is 11.1. The Hall–Kier alpha value is -3.06. The molecular weight excluding hydrogens is 320 g/mol. The van der Waals surface area contributed by atoms with E-state index in [1.54, 1.807) is 25.3 Å². The fourth-order valence-electron chi connectivity index (χ4n) is 2.54. The molecule has 0 spiro atoms. The molecule has 2 aromatic carbocycles. The predicted octanol–water partition coefficient (Wildman–Crippen LogP) is 2.63. The largest absolute Gasteiger partial charge is 0.493 e. The molecule has 4 N–H and O–H groups in total. The number of ether oxygens (including phenoxy) is 2. The van der Waals surface area contributed by atoms with Crippen molar-refractivity contribution < 1.29 is 14.3 Å². The maximum Gasteiger partial charge on any atom is 0.265 e. The van der Waals surface area contributed by atoms with Gasteiger partial charge >= 0.3 is 0 Å². The van der Waals surface area contributed by atoms with E-state index >= 15 is 0 Å². The Morgan fingerprint density at radius 1 is 1.20 bits per heavy atom. The Balaban J connectivity index is 1.99. The van der Waals surface area contributed by atoms with Crippen LogP contribution in [0.4, 0.5) is 0 Å². The Morgan fingerprint density at radius 3 is 2.68 bits per heavy atom. The van der Waals surface area contributed by atoms with Crippen molar-refractivity contribution in [1.29, 1.82) is 0 Å². The van der Waals surface area contributed by atoms with E-state index in [4.69, 9.17) is 15.3 Å². The maximum atomic E-state index is 11.6. The van der Waals surface area contributed by atoms with Crippen molar-refractivity contribution in [3.63, 3.8) is 0 Å². The van der Waals surface area contributed by atoms with Gasteiger partial charge in [0.1, 0.15) is 5.82 Å². The third-order valence-electron chi connectivity index (χ3n) is 3.67. The number of nitrogen functional groups attached to an aromatic ring is 1. The van der Waals surface area contributed by atoms with Gasteiger partial charge in [0.15, 0.2) is 11.5 Å². The van der Waals surface area contributed by atoms with Gasteiger partial charge in [0, 0.05) is 11.1 Å². The van der Waals surface area contributed by atoms with E-state index in [1.165, 1.54) is 0 Å². The molecule has 7 nitrogen and oxygen atoms in total. The van der Waals surface area contributed by atoms with Crippen LogP contribution in [0.25, 0.3) is 22.4 Å². The summed E-state index contributed by atoms with van der Waals surface area (Å²) in [4.78, 5) is 19.4. The summed E-state index contributed by atoms with van der Waals surface area (Å²) in [5.41, 5.74) is 4.94. The molecule has 0 bridgehead atoms. The molecule has 0 aliphatic carbocycles. The van der Waals surface area contributed by atoms with Crippen LogP contribution in [0.3, 0.4) is 0 Å². The quantitative estimate of drug-likeness (QED) is 0.376. The van der Waals surface area contributed by atoms with Crippen molar-refractivity contribution in [3.05, 3.63) is 42.0 Å². The number of H-pyrrole nitrogens is 1. The second-order valence-corrected chi connectivity index (χ2v) is 5.82. The smallest absolute Gasteiger partial charge is 0.265 e. The normalized spacial score (nSPS) is 10.9. The SMILES string of the molecule is COc1cc(-c2nc3ccc(C(=O)NN)cc3[nH]2)ccc1OC(C)C. The molecule has 25 heavy (non-hydrogen) atoms. The van der Waals surface area contributed by atoms with Gasteiger partial charge in [-0.1, -0.05) is 0 Å². The number of carbonyl (C=O) groups excluding carboxylic acids is 1. The summed E-state index contributed by atoms with van der Waals surface area (Å²) >= 11 is 0. The number of rotatable bonds is 5. The number of methoxy groups -OCH3 is 1. The lowest BCUT2D eigenvalue weighted by atomic mass is 10.2. The highest BCUT2D eigenvalue weighted by Gasteiger charge is 2.12. The number of aromatic nitrogens is 2. The Morgan fingerprint density at radius 2 is 2.00 bits per heavy atom. The number of amides is 1. The van der Waals surface area contributed by atoms with E-state index in [0.717, 1.165) is 16.6 Å². The molecule has 0 saturated heterocycles. The van der Waals surface area contributed by atoms with Crippen LogP contribution in [0, 0.1) is 0 Å². The van der Waals surface area contributed by atoms with Gasteiger partial charge < -0.3 is 14.5 Å². The molecule has 0 unspecified atom stereocenters. The average molecular weight is 340 g/mol. The number of hydrogen-bond acceptors (Lipinski definition) is 5. The molecule has 0 radical (unpaired) electrons. The van der Waals surface area contributed by atoms with Gasteiger partial charge in [0.2, 0.25) is 0 Å². The van der Waals surface area contributed by atoms with Crippen LogP contribution >= 0.6 is 0 Å². The van der Waals surface area contributed by atoms with Gasteiger partial charge in [-0.05, 0) is 50.2 Å². The standard InChI is InChI=1S/C18H20N4O3/c1-10(2)25-15-7-5-11(9-16(15)24-3)17-20-13-6-4-12(18(23)22-19)8-14(13)21-17/h4-10H,19H2,1-3H3,(H,20,21)(H,22,23). The minimum Gasteiger partial charge on any atom is -0.493 e. The number of carbonyl (C=O) groups is 1. The molecular formula is C18H20N4O3.